The number of carbonyl (C=O) groups is 1. The van der Waals surface area contributed by atoms with E-state index in [0.717, 1.165) is 15.6 Å². The number of halogens is 3. The van der Waals surface area contributed by atoms with E-state index in [4.69, 9.17) is 0 Å². The van der Waals surface area contributed by atoms with Crippen molar-refractivity contribution in [3.8, 4) is 0 Å². The number of hydrogen-bond donors (Lipinski definition) is 0. The fraction of sp³-hybridized carbons (Fsp3) is 0.133. The summed E-state index contributed by atoms with van der Waals surface area (Å²) < 4.78 is 0.977. The molecule has 0 N–H and O–H groups in total. The summed E-state index contributed by atoms with van der Waals surface area (Å²) in [5, 5.41) is 0. The van der Waals surface area contributed by atoms with E-state index in [1.165, 1.54) is 0 Å². The minimum Gasteiger partial charge on any atom is -0.290 e. The molecule has 0 aromatic heterocycles. The highest BCUT2D eigenvalue weighted by Gasteiger charge is 2.23. The Balaban J connectivity index is 2.16. The van der Waals surface area contributed by atoms with Crippen molar-refractivity contribution < 1.29 is 4.79 Å². The summed E-state index contributed by atoms with van der Waals surface area (Å²) in [6.07, 6.45) is 9.20. The number of alkyl halides is 2. The summed E-state index contributed by atoms with van der Waals surface area (Å²) in [5.41, 5.74) is 1.75. The molecule has 0 aliphatic heterocycles. The smallest absolute Gasteiger partial charge is 0.183 e. The van der Waals surface area contributed by atoms with Crippen LogP contribution < -0.4 is 0 Å². The maximum atomic E-state index is 12.2. The second kappa shape index (κ2) is 6.82. The second-order valence-electron chi connectivity index (χ2n) is 4.07. The molecule has 4 heteroatoms. The van der Waals surface area contributed by atoms with Gasteiger partial charge in [0, 0.05) is 14.9 Å². The Morgan fingerprint density at radius 3 is 2.68 bits per heavy atom. The Bertz CT molecular complexity index is 573. The first-order valence-electron chi connectivity index (χ1n) is 5.73. The summed E-state index contributed by atoms with van der Waals surface area (Å²) >= 11 is 10.5. The van der Waals surface area contributed by atoms with Crippen LogP contribution in [0.15, 0.2) is 58.6 Å². The predicted octanol–water partition coefficient (Wildman–Crippen LogP) is 5.05. The van der Waals surface area contributed by atoms with Gasteiger partial charge in [-0.3, -0.25) is 4.79 Å². The monoisotopic (exact) mass is 444 g/mol. The molecule has 0 amide bonds. The average Bonchev–Trinajstić information content (AvgIpc) is 2.40. The van der Waals surface area contributed by atoms with Crippen molar-refractivity contribution >= 4 is 59.6 Å². The summed E-state index contributed by atoms with van der Waals surface area (Å²) in [7, 11) is 0. The van der Waals surface area contributed by atoms with Crippen LogP contribution in [0.5, 0.6) is 0 Å². The van der Waals surface area contributed by atoms with Gasteiger partial charge < -0.3 is 0 Å². The Kier molecular flexibility index (Phi) is 5.37. The first-order valence-corrected chi connectivity index (χ1v) is 8.35. The molecule has 2 atom stereocenters. The molecular weight excluding hydrogens is 436 g/mol. The molecule has 1 aromatic rings. The third-order valence-electron chi connectivity index (χ3n) is 2.75. The van der Waals surface area contributed by atoms with Crippen molar-refractivity contribution in [2.45, 2.75) is 9.65 Å². The third kappa shape index (κ3) is 3.77. The standard InChI is InChI=1S/C15H11Br3O/c16-12-6-2-1-4-10(12)8-9-14(19)11-5-3-7-13(17)15(11)18/h1-9,13,15H. The summed E-state index contributed by atoms with van der Waals surface area (Å²) in [4.78, 5) is 12.3. The molecule has 0 saturated carbocycles. The SMILES string of the molecule is O=C(C=Cc1ccccc1Br)C1=CC=CC(Br)C1Br. The van der Waals surface area contributed by atoms with Gasteiger partial charge >= 0.3 is 0 Å². The van der Waals surface area contributed by atoms with Gasteiger partial charge in [0.25, 0.3) is 0 Å². The Morgan fingerprint density at radius 1 is 1.21 bits per heavy atom. The molecule has 1 aromatic carbocycles. The Hall–Kier alpha value is -0.450. The Morgan fingerprint density at radius 2 is 1.95 bits per heavy atom. The van der Waals surface area contributed by atoms with Crippen molar-refractivity contribution in [2.75, 3.05) is 0 Å². The molecule has 0 bridgehead atoms. The van der Waals surface area contributed by atoms with E-state index < -0.39 is 0 Å². The average molecular weight is 447 g/mol. The van der Waals surface area contributed by atoms with Gasteiger partial charge in [-0.05, 0) is 23.8 Å². The lowest BCUT2D eigenvalue weighted by Gasteiger charge is -2.18. The van der Waals surface area contributed by atoms with E-state index in [1.54, 1.807) is 6.08 Å². The molecule has 2 unspecified atom stereocenters. The molecule has 1 nitrogen and oxygen atoms in total. The number of carbonyl (C=O) groups excluding carboxylic acids is 1. The molecule has 1 aliphatic carbocycles. The molecule has 19 heavy (non-hydrogen) atoms. The topological polar surface area (TPSA) is 17.1 Å². The van der Waals surface area contributed by atoms with Crippen LogP contribution in [0.25, 0.3) is 6.08 Å². The van der Waals surface area contributed by atoms with Crippen LogP contribution >= 0.6 is 47.8 Å². The van der Waals surface area contributed by atoms with E-state index in [2.05, 4.69) is 47.8 Å². The van der Waals surface area contributed by atoms with Gasteiger partial charge in [0.15, 0.2) is 5.78 Å². The summed E-state index contributed by atoms with van der Waals surface area (Å²) in [5.74, 6) is 0.0198. The molecule has 98 valence electrons. The lowest BCUT2D eigenvalue weighted by Crippen LogP contribution is -2.21. The quantitative estimate of drug-likeness (QED) is 0.469. The van der Waals surface area contributed by atoms with E-state index in [9.17, 15) is 4.79 Å². The highest BCUT2D eigenvalue weighted by atomic mass is 79.9. The molecule has 0 spiro atoms. The normalized spacial score (nSPS) is 22.6. The summed E-state index contributed by atoms with van der Waals surface area (Å²) in [6, 6.07) is 7.80. The molecule has 0 saturated heterocycles. The number of benzene rings is 1. The predicted molar refractivity (Wildman–Crippen MR) is 90.8 cm³/mol. The largest absolute Gasteiger partial charge is 0.290 e. The van der Waals surface area contributed by atoms with Crippen molar-refractivity contribution in [1.82, 2.24) is 0 Å². The van der Waals surface area contributed by atoms with Crippen LogP contribution in [-0.2, 0) is 4.79 Å². The first kappa shape index (κ1) is 14.9. The molecule has 0 fully saturated rings. The van der Waals surface area contributed by atoms with Gasteiger partial charge in [-0.15, -0.1) is 0 Å². The van der Waals surface area contributed by atoms with Gasteiger partial charge in [0.1, 0.15) is 0 Å². The van der Waals surface area contributed by atoms with E-state index in [0.29, 0.717) is 0 Å². The number of allylic oxidation sites excluding steroid dienone is 5. The van der Waals surface area contributed by atoms with Gasteiger partial charge in [-0.1, -0.05) is 84.2 Å². The van der Waals surface area contributed by atoms with Crippen molar-refractivity contribution in [2.24, 2.45) is 0 Å². The fourth-order valence-electron chi connectivity index (χ4n) is 1.72. The molecule has 0 heterocycles. The lowest BCUT2D eigenvalue weighted by atomic mass is 10.00. The van der Waals surface area contributed by atoms with Crippen LogP contribution in [-0.4, -0.2) is 15.4 Å². The van der Waals surface area contributed by atoms with Gasteiger partial charge in [0.05, 0.1) is 4.83 Å². The lowest BCUT2D eigenvalue weighted by molar-refractivity contribution is -0.111. The van der Waals surface area contributed by atoms with Gasteiger partial charge in [-0.25, -0.2) is 0 Å². The zero-order valence-electron chi connectivity index (χ0n) is 9.89. The maximum Gasteiger partial charge on any atom is 0.183 e. The van der Waals surface area contributed by atoms with Crippen molar-refractivity contribution in [3.63, 3.8) is 0 Å². The van der Waals surface area contributed by atoms with E-state index in [-0.39, 0.29) is 15.4 Å². The molecule has 2 rings (SSSR count). The van der Waals surface area contributed by atoms with E-state index >= 15 is 0 Å². The highest BCUT2D eigenvalue weighted by molar-refractivity contribution is 9.12. The number of hydrogen-bond acceptors (Lipinski definition) is 1. The number of rotatable bonds is 3. The fourth-order valence-corrected chi connectivity index (χ4v) is 3.15. The molecule has 0 radical (unpaired) electrons. The second-order valence-corrected chi connectivity index (χ2v) is 6.97. The number of ketones is 1. The van der Waals surface area contributed by atoms with Crippen LogP contribution in [0.4, 0.5) is 0 Å². The van der Waals surface area contributed by atoms with Crippen molar-refractivity contribution in [3.05, 3.63) is 64.2 Å². The van der Waals surface area contributed by atoms with Gasteiger partial charge in [0.2, 0.25) is 0 Å². The minimum absolute atomic E-state index is 0.00821. The highest BCUT2D eigenvalue weighted by Crippen LogP contribution is 2.28. The van der Waals surface area contributed by atoms with Crippen LogP contribution in [0.1, 0.15) is 5.56 Å². The first-order chi connectivity index (χ1) is 9.09. The van der Waals surface area contributed by atoms with Crippen LogP contribution in [0.2, 0.25) is 0 Å². The van der Waals surface area contributed by atoms with Crippen LogP contribution in [0.3, 0.4) is 0 Å². The zero-order valence-corrected chi connectivity index (χ0v) is 14.7. The minimum atomic E-state index is 0.00821. The summed E-state index contributed by atoms with van der Waals surface area (Å²) in [6.45, 7) is 0. The molecule has 1 aliphatic rings. The van der Waals surface area contributed by atoms with Gasteiger partial charge in [-0.2, -0.15) is 0 Å². The van der Waals surface area contributed by atoms with E-state index in [1.807, 2.05) is 48.6 Å². The molecular formula is C15H11Br3O. The zero-order chi connectivity index (χ0) is 13.8. The van der Waals surface area contributed by atoms with Crippen molar-refractivity contribution in [1.29, 1.82) is 0 Å². The Labute approximate surface area is 137 Å². The maximum absolute atomic E-state index is 12.2. The third-order valence-corrected chi connectivity index (χ3v) is 6.08. The van der Waals surface area contributed by atoms with Crippen LogP contribution in [0, 0.1) is 0 Å².